The zero-order chi connectivity index (χ0) is 17.9. The van der Waals surface area contributed by atoms with E-state index in [9.17, 15) is 4.79 Å². The lowest BCUT2D eigenvalue weighted by Crippen LogP contribution is -2.43. The lowest BCUT2D eigenvalue weighted by Gasteiger charge is -2.37. The van der Waals surface area contributed by atoms with Crippen molar-refractivity contribution in [3.8, 4) is 0 Å². The van der Waals surface area contributed by atoms with Gasteiger partial charge in [0.1, 0.15) is 12.2 Å². The fraction of sp³-hybridized carbons (Fsp3) is 0.824. The van der Waals surface area contributed by atoms with Crippen LogP contribution in [-0.4, -0.2) is 45.5 Å². The summed E-state index contributed by atoms with van der Waals surface area (Å²) in [5.74, 6) is -1.06. The smallest absolute Gasteiger partial charge is 0.330 e. The first-order chi connectivity index (χ1) is 10.4. The van der Waals surface area contributed by atoms with E-state index in [-0.39, 0.29) is 23.2 Å². The molecule has 1 aliphatic rings. The molecule has 0 unspecified atom stereocenters. The van der Waals surface area contributed by atoms with Crippen LogP contribution in [0.25, 0.3) is 0 Å². The number of rotatable bonds is 6. The van der Waals surface area contributed by atoms with Crippen LogP contribution in [0.2, 0.25) is 18.1 Å². The highest BCUT2D eigenvalue weighted by atomic mass is 28.4. The van der Waals surface area contributed by atoms with Gasteiger partial charge in [-0.3, -0.25) is 0 Å². The second-order valence-corrected chi connectivity index (χ2v) is 12.6. The van der Waals surface area contributed by atoms with Crippen molar-refractivity contribution in [1.82, 2.24) is 0 Å². The highest BCUT2D eigenvalue weighted by Crippen LogP contribution is 2.37. The Morgan fingerprint density at radius 2 is 1.87 bits per heavy atom. The van der Waals surface area contributed by atoms with Gasteiger partial charge in [-0.25, -0.2) is 4.79 Å². The Morgan fingerprint density at radius 1 is 1.26 bits per heavy atom. The van der Waals surface area contributed by atoms with Gasteiger partial charge in [0.2, 0.25) is 0 Å². The van der Waals surface area contributed by atoms with Crippen molar-refractivity contribution in [3.05, 3.63) is 12.2 Å². The summed E-state index contributed by atoms with van der Waals surface area (Å²) in [6.07, 6.45) is 2.55. The lowest BCUT2D eigenvalue weighted by molar-refractivity contribution is -0.146. The minimum atomic E-state index is -1.86. The molecule has 0 bridgehead atoms. The van der Waals surface area contributed by atoms with Gasteiger partial charge in [-0.15, -0.1) is 0 Å². The molecule has 1 saturated heterocycles. The van der Waals surface area contributed by atoms with Crippen molar-refractivity contribution in [2.45, 2.75) is 77.7 Å². The third-order valence-electron chi connectivity index (χ3n) is 4.34. The van der Waals surface area contributed by atoms with E-state index in [1.54, 1.807) is 13.0 Å². The van der Waals surface area contributed by atoms with Crippen LogP contribution in [0, 0.1) is 0 Å². The van der Waals surface area contributed by atoms with Gasteiger partial charge in [-0.1, -0.05) is 20.8 Å². The number of carbonyl (C=O) groups is 1. The molecule has 0 saturated carbocycles. The van der Waals surface area contributed by atoms with Crippen molar-refractivity contribution in [2.24, 2.45) is 0 Å². The van der Waals surface area contributed by atoms with Gasteiger partial charge in [0.25, 0.3) is 0 Å². The van der Waals surface area contributed by atoms with E-state index >= 15 is 0 Å². The topological polar surface area (TPSA) is 54.0 Å². The minimum absolute atomic E-state index is 0.137. The maximum Gasteiger partial charge on any atom is 0.330 e. The van der Waals surface area contributed by atoms with E-state index < -0.39 is 14.1 Å². The van der Waals surface area contributed by atoms with Gasteiger partial charge >= 0.3 is 5.97 Å². The van der Waals surface area contributed by atoms with Crippen molar-refractivity contribution in [1.29, 1.82) is 0 Å². The third-order valence-corrected chi connectivity index (χ3v) is 8.85. The molecular formula is C17H32O5Si. The third kappa shape index (κ3) is 6.03. The molecule has 0 N–H and O–H groups in total. The molecule has 2 atom stereocenters. The van der Waals surface area contributed by atoms with Gasteiger partial charge in [-0.2, -0.15) is 0 Å². The van der Waals surface area contributed by atoms with Crippen LogP contribution in [0.4, 0.5) is 0 Å². The molecule has 0 spiro atoms. The molecule has 1 rings (SSSR count). The standard InChI is InChI=1S/C17H32O5Si/c1-9-19-15(18)11-10-13-14(22-17(5,6)21-13)12-20-23(7,8)16(2,3)4/h10-11,13-14H,9,12H2,1-8H3/b11-10+/t13-,14-/m0/s1. The molecule has 0 radical (unpaired) electrons. The predicted molar refractivity (Wildman–Crippen MR) is 92.7 cm³/mol. The monoisotopic (exact) mass is 344 g/mol. The molecular weight excluding hydrogens is 312 g/mol. The van der Waals surface area contributed by atoms with E-state index in [4.69, 9.17) is 18.6 Å². The van der Waals surface area contributed by atoms with Crippen molar-refractivity contribution < 1.29 is 23.4 Å². The van der Waals surface area contributed by atoms with Crippen LogP contribution >= 0.6 is 0 Å². The normalized spacial score (nSPS) is 25.0. The zero-order valence-electron chi connectivity index (χ0n) is 15.8. The zero-order valence-corrected chi connectivity index (χ0v) is 16.8. The molecule has 0 aliphatic carbocycles. The maximum absolute atomic E-state index is 11.5. The van der Waals surface area contributed by atoms with Crippen LogP contribution in [0.15, 0.2) is 12.2 Å². The fourth-order valence-electron chi connectivity index (χ4n) is 2.03. The first kappa shape index (κ1) is 20.4. The highest BCUT2D eigenvalue weighted by molar-refractivity contribution is 6.74. The van der Waals surface area contributed by atoms with Crippen molar-refractivity contribution in [2.75, 3.05) is 13.2 Å². The number of esters is 1. The number of hydrogen-bond donors (Lipinski definition) is 0. The van der Waals surface area contributed by atoms with Gasteiger partial charge in [-0.05, 0) is 45.0 Å². The van der Waals surface area contributed by atoms with Gasteiger partial charge < -0.3 is 18.6 Å². The summed E-state index contributed by atoms with van der Waals surface area (Å²) in [7, 11) is -1.86. The quantitative estimate of drug-likeness (QED) is 0.418. The number of hydrogen-bond acceptors (Lipinski definition) is 5. The molecule has 0 aromatic heterocycles. The number of ether oxygens (including phenoxy) is 3. The Hall–Kier alpha value is -0.693. The Kier molecular flexibility index (Phi) is 6.61. The van der Waals surface area contributed by atoms with Crippen LogP contribution in [0.5, 0.6) is 0 Å². The summed E-state index contributed by atoms with van der Waals surface area (Å²) < 4.78 is 22.9. The summed E-state index contributed by atoms with van der Waals surface area (Å²) >= 11 is 0. The summed E-state index contributed by atoms with van der Waals surface area (Å²) in [6, 6.07) is 0. The average Bonchev–Trinajstić information content (AvgIpc) is 2.68. The average molecular weight is 345 g/mol. The summed E-state index contributed by atoms with van der Waals surface area (Å²) in [6.45, 7) is 17.3. The largest absolute Gasteiger partial charge is 0.463 e. The predicted octanol–water partition coefficient (Wildman–Crippen LogP) is 3.65. The molecule has 1 aliphatic heterocycles. The summed E-state index contributed by atoms with van der Waals surface area (Å²) in [4.78, 5) is 11.5. The first-order valence-corrected chi connectivity index (χ1v) is 11.1. The molecule has 0 aromatic rings. The van der Waals surface area contributed by atoms with Crippen LogP contribution in [0.1, 0.15) is 41.5 Å². The molecule has 0 aromatic carbocycles. The molecule has 1 heterocycles. The fourth-order valence-corrected chi connectivity index (χ4v) is 3.04. The van der Waals surface area contributed by atoms with Crippen molar-refractivity contribution >= 4 is 14.3 Å². The molecule has 0 amide bonds. The van der Waals surface area contributed by atoms with Crippen LogP contribution in [-0.2, 0) is 23.4 Å². The SMILES string of the molecule is CCOC(=O)/C=C/[C@@H]1OC(C)(C)O[C@H]1CO[Si](C)(C)C(C)(C)C. The second-order valence-electron chi connectivity index (χ2n) is 7.82. The van der Waals surface area contributed by atoms with Gasteiger partial charge in [0.05, 0.1) is 13.2 Å². The Morgan fingerprint density at radius 3 is 2.39 bits per heavy atom. The second kappa shape index (κ2) is 7.47. The lowest BCUT2D eigenvalue weighted by atomic mass is 10.2. The Bertz CT molecular complexity index is 437. The Labute approximate surface area is 141 Å². The van der Waals surface area contributed by atoms with E-state index in [1.165, 1.54) is 6.08 Å². The van der Waals surface area contributed by atoms with Crippen LogP contribution < -0.4 is 0 Å². The van der Waals surface area contributed by atoms with E-state index in [0.29, 0.717) is 13.2 Å². The maximum atomic E-state index is 11.5. The summed E-state index contributed by atoms with van der Waals surface area (Å²) in [5.41, 5.74) is 0. The Balaban J connectivity index is 2.72. The minimum Gasteiger partial charge on any atom is -0.463 e. The molecule has 5 nitrogen and oxygen atoms in total. The van der Waals surface area contributed by atoms with Crippen molar-refractivity contribution in [3.63, 3.8) is 0 Å². The molecule has 1 fully saturated rings. The molecule has 134 valence electrons. The number of carbonyl (C=O) groups excluding carboxylic acids is 1. The summed E-state index contributed by atoms with van der Waals surface area (Å²) in [5, 5.41) is 0.137. The van der Waals surface area contributed by atoms with E-state index in [1.807, 2.05) is 13.8 Å². The first-order valence-electron chi connectivity index (χ1n) is 8.22. The molecule has 23 heavy (non-hydrogen) atoms. The highest BCUT2D eigenvalue weighted by Gasteiger charge is 2.43. The van der Waals surface area contributed by atoms with E-state index in [2.05, 4.69) is 33.9 Å². The van der Waals surface area contributed by atoms with E-state index in [0.717, 1.165) is 0 Å². The van der Waals surface area contributed by atoms with Gasteiger partial charge in [0, 0.05) is 6.08 Å². The van der Waals surface area contributed by atoms with Crippen LogP contribution in [0.3, 0.4) is 0 Å². The molecule has 6 heteroatoms. The van der Waals surface area contributed by atoms with Gasteiger partial charge in [0.15, 0.2) is 14.1 Å².